The Bertz CT molecular complexity index is 897. The Kier molecular flexibility index (Phi) is 6.69. The van der Waals surface area contributed by atoms with Gasteiger partial charge in [-0.1, -0.05) is 40.9 Å². The number of alkyl halides is 3. The van der Waals surface area contributed by atoms with Gasteiger partial charge in [0.05, 0.1) is 32.5 Å². The minimum atomic E-state index is -4.63. The van der Waals surface area contributed by atoms with Crippen LogP contribution in [0.1, 0.15) is 11.1 Å². The molecule has 0 heterocycles. The number of halogens is 6. The summed E-state index contributed by atoms with van der Waals surface area (Å²) in [5, 5.41) is 5.88. The zero-order chi connectivity index (χ0) is 20.2. The van der Waals surface area contributed by atoms with Crippen molar-refractivity contribution in [2.75, 3.05) is 5.32 Å². The van der Waals surface area contributed by atoms with E-state index in [-0.39, 0.29) is 20.8 Å². The predicted octanol–water partition coefficient (Wildman–Crippen LogP) is 4.75. The molecule has 5 nitrogen and oxygen atoms in total. The molecule has 0 spiro atoms. The second kappa shape index (κ2) is 8.60. The summed E-state index contributed by atoms with van der Waals surface area (Å²) >= 11 is 17.6. The molecule has 142 valence electrons. The smallest absolute Gasteiger partial charge is 0.316 e. The van der Waals surface area contributed by atoms with Crippen molar-refractivity contribution < 1.29 is 22.8 Å². The number of hydrogen-bond acceptors (Lipinski definition) is 3. The number of amides is 2. The van der Waals surface area contributed by atoms with E-state index in [0.717, 1.165) is 18.3 Å². The largest absolute Gasteiger partial charge is 0.416 e. The van der Waals surface area contributed by atoms with Crippen molar-refractivity contribution in [2.45, 2.75) is 6.18 Å². The van der Waals surface area contributed by atoms with Crippen molar-refractivity contribution in [1.82, 2.24) is 5.43 Å². The van der Waals surface area contributed by atoms with Gasteiger partial charge in [-0.15, -0.1) is 0 Å². The fourth-order valence-corrected chi connectivity index (χ4v) is 2.48. The lowest BCUT2D eigenvalue weighted by molar-refractivity contribution is -0.137. The van der Waals surface area contributed by atoms with E-state index in [1.54, 1.807) is 18.2 Å². The lowest BCUT2D eigenvalue weighted by Crippen LogP contribution is -2.32. The van der Waals surface area contributed by atoms with Crippen LogP contribution in [0.3, 0.4) is 0 Å². The second-order valence-electron chi connectivity index (χ2n) is 4.98. The molecule has 2 N–H and O–H groups in total. The van der Waals surface area contributed by atoms with Crippen LogP contribution < -0.4 is 10.7 Å². The van der Waals surface area contributed by atoms with E-state index >= 15 is 0 Å². The number of anilines is 1. The third-order valence-corrected chi connectivity index (χ3v) is 4.10. The van der Waals surface area contributed by atoms with E-state index in [2.05, 4.69) is 5.10 Å². The van der Waals surface area contributed by atoms with Crippen molar-refractivity contribution in [3.63, 3.8) is 0 Å². The Morgan fingerprint density at radius 3 is 2.19 bits per heavy atom. The molecule has 0 bridgehead atoms. The summed E-state index contributed by atoms with van der Waals surface area (Å²) in [4.78, 5) is 23.5. The third kappa shape index (κ3) is 5.59. The van der Waals surface area contributed by atoms with Crippen LogP contribution in [0.15, 0.2) is 41.5 Å². The first kappa shape index (κ1) is 21.0. The molecule has 27 heavy (non-hydrogen) atoms. The first-order valence-corrected chi connectivity index (χ1v) is 8.18. The highest BCUT2D eigenvalue weighted by Crippen LogP contribution is 2.33. The number of hydrazone groups is 1. The highest BCUT2D eigenvalue weighted by Gasteiger charge is 2.31. The maximum absolute atomic E-state index is 12.7. The molecule has 0 radical (unpaired) electrons. The average Bonchev–Trinajstić information content (AvgIpc) is 2.58. The Morgan fingerprint density at radius 2 is 1.59 bits per heavy atom. The van der Waals surface area contributed by atoms with Gasteiger partial charge in [-0.25, -0.2) is 5.43 Å². The topological polar surface area (TPSA) is 70.6 Å². The van der Waals surface area contributed by atoms with E-state index in [1.165, 1.54) is 0 Å². The Morgan fingerprint density at radius 1 is 0.963 bits per heavy atom. The monoisotopic (exact) mass is 437 g/mol. The van der Waals surface area contributed by atoms with Crippen LogP contribution in [0.5, 0.6) is 0 Å². The van der Waals surface area contributed by atoms with Crippen LogP contribution >= 0.6 is 34.8 Å². The van der Waals surface area contributed by atoms with Crippen molar-refractivity contribution in [2.24, 2.45) is 5.10 Å². The van der Waals surface area contributed by atoms with Crippen LogP contribution in [0.2, 0.25) is 15.1 Å². The van der Waals surface area contributed by atoms with Gasteiger partial charge in [0.2, 0.25) is 0 Å². The van der Waals surface area contributed by atoms with Gasteiger partial charge in [-0.2, -0.15) is 18.3 Å². The van der Waals surface area contributed by atoms with Crippen LogP contribution in [0.4, 0.5) is 18.9 Å². The van der Waals surface area contributed by atoms with Crippen molar-refractivity contribution in [3.8, 4) is 0 Å². The number of nitrogens with zero attached hydrogens (tertiary/aromatic N) is 1. The average molecular weight is 439 g/mol. The first-order chi connectivity index (χ1) is 12.6. The summed E-state index contributed by atoms with van der Waals surface area (Å²) in [5.74, 6) is -2.50. The zero-order valence-electron chi connectivity index (χ0n) is 13.1. The van der Waals surface area contributed by atoms with Gasteiger partial charge in [0.15, 0.2) is 0 Å². The van der Waals surface area contributed by atoms with Gasteiger partial charge in [-0.05, 0) is 30.3 Å². The van der Waals surface area contributed by atoms with Gasteiger partial charge in [0.1, 0.15) is 0 Å². The molecule has 0 unspecified atom stereocenters. The van der Waals surface area contributed by atoms with Crippen LogP contribution in [-0.2, 0) is 15.8 Å². The molecule has 0 atom stereocenters. The fourth-order valence-electron chi connectivity index (χ4n) is 1.82. The van der Waals surface area contributed by atoms with E-state index in [4.69, 9.17) is 34.8 Å². The number of rotatable bonds is 3. The van der Waals surface area contributed by atoms with Crippen molar-refractivity contribution in [3.05, 3.63) is 62.6 Å². The van der Waals surface area contributed by atoms with Crippen LogP contribution in [0.25, 0.3) is 0 Å². The normalized spacial score (nSPS) is 11.5. The Hall–Kier alpha value is -2.29. The molecule has 0 saturated carbocycles. The minimum absolute atomic E-state index is 0.171. The van der Waals surface area contributed by atoms with Crippen molar-refractivity contribution >= 4 is 58.5 Å². The molecule has 0 saturated heterocycles. The molecule has 0 aliphatic heterocycles. The summed E-state index contributed by atoms with van der Waals surface area (Å²) in [5.41, 5.74) is 0.810. The Labute approximate surface area is 166 Å². The molecule has 2 amide bonds. The standard InChI is InChI=1S/C16H9Cl3F3N3O2/c17-10-2-1-3-11(18)9(10)7-23-25-15(27)14(26)24-13-6-8(16(20,21)22)4-5-12(13)19/h1-7H,(H,24,26)(H,25,27)/b23-7+. The lowest BCUT2D eigenvalue weighted by atomic mass is 10.2. The highest BCUT2D eigenvalue weighted by atomic mass is 35.5. The Balaban J connectivity index is 2.06. The van der Waals surface area contributed by atoms with Crippen LogP contribution in [0, 0.1) is 0 Å². The summed E-state index contributed by atoms with van der Waals surface area (Å²) in [7, 11) is 0. The molecular formula is C16H9Cl3F3N3O2. The molecule has 2 aromatic carbocycles. The molecule has 2 rings (SSSR count). The second-order valence-corrected chi connectivity index (χ2v) is 6.20. The molecule has 2 aromatic rings. The third-order valence-electron chi connectivity index (χ3n) is 3.11. The minimum Gasteiger partial charge on any atom is -0.316 e. The van der Waals surface area contributed by atoms with Gasteiger partial charge >= 0.3 is 18.0 Å². The summed E-state index contributed by atoms with van der Waals surface area (Å²) in [6.45, 7) is 0. The van der Waals surface area contributed by atoms with Gasteiger partial charge < -0.3 is 5.32 Å². The van der Waals surface area contributed by atoms with Crippen molar-refractivity contribution in [1.29, 1.82) is 0 Å². The fraction of sp³-hybridized carbons (Fsp3) is 0.0625. The number of carbonyl (C=O) groups excluding carboxylic acids is 2. The number of nitrogens with one attached hydrogen (secondary N) is 2. The summed E-state index contributed by atoms with van der Waals surface area (Å²) < 4.78 is 38.1. The maximum Gasteiger partial charge on any atom is 0.416 e. The van der Waals surface area contributed by atoms with E-state index in [1.807, 2.05) is 10.7 Å². The molecule has 0 aromatic heterocycles. The molecule has 0 aliphatic rings. The van der Waals surface area contributed by atoms with E-state index < -0.39 is 23.6 Å². The van der Waals surface area contributed by atoms with Crippen LogP contribution in [-0.4, -0.2) is 18.0 Å². The molecule has 11 heteroatoms. The zero-order valence-corrected chi connectivity index (χ0v) is 15.3. The summed E-state index contributed by atoms with van der Waals surface area (Å²) in [6.07, 6.45) is -3.52. The van der Waals surface area contributed by atoms with Gasteiger partial charge in [0, 0.05) is 5.56 Å². The van der Waals surface area contributed by atoms with E-state index in [0.29, 0.717) is 11.6 Å². The number of benzene rings is 2. The quantitative estimate of drug-likeness (QED) is 0.412. The number of hydrogen-bond donors (Lipinski definition) is 2. The SMILES string of the molecule is O=C(N/N=C/c1c(Cl)cccc1Cl)C(=O)Nc1cc(C(F)(F)F)ccc1Cl. The van der Waals surface area contributed by atoms with E-state index in [9.17, 15) is 22.8 Å². The highest BCUT2D eigenvalue weighted by molar-refractivity contribution is 6.41. The van der Waals surface area contributed by atoms with Gasteiger partial charge in [-0.3, -0.25) is 9.59 Å². The summed E-state index contributed by atoms with van der Waals surface area (Å²) in [6, 6.07) is 7.00. The van der Waals surface area contributed by atoms with Gasteiger partial charge in [0.25, 0.3) is 0 Å². The number of carbonyl (C=O) groups is 2. The molecule has 0 fully saturated rings. The first-order valence-electron chi connectivity index (χ1n) is 7.04. The predicted molar refractivity (Wildman–Crippen MR) is 97.3 cm³/mol. The maximum atomic E-state index is 12.7. The molecular weight excluding hydrogens is 430 g/mol. The lowest BCUT2D eigenvalue weighted by Gasteiger charge is -2.11. The molecule has 0 aliphatic carbocycles.